The summed E-state index contributed by atoms with van der Waals surface area (Å²) in [4.78, 5) is 23.8. The van der Waals surface area contributed by atoms with Gasteiger partial charge in [0.25, 0.3) is 0 Å². The number of ether oxygens (including phenoxy) is 2. The molecule has 5 heteroatoms. The highest BCUT2D eigenvalue weighted by Gasteiger charge is 2.24. The fourth-order valence-corrected chi connectivity index (χ4v) is 0.988. The number of carbonyl (C=O) groups excluding carboxylic acids is 2. The summed E-state index contributed by atoms with van der Waals surface area (Å²) in [5, 5.41) is 0. The maximum atomic E-state index is 11.4. The molecule has 0 saturated carbocycles. The second kappa shape index (κ2) is 6.37. The van der Waals surface area contributed by atoms with Crippen LogP contribution < -0.4 is 0 Å². The van der Waals surface area contributed by atoms with Crippen molar-refractivity contribution in [1.29, 1.82) is 0 Å². The van der Waals surface area contributed by atoms with Crippen LogP contribution in [0.2, 0.25) is 0 Å². The Bertz CT molecular complexity index is 203. The van der Waals surface area contributed by atoms with Gasteiger partial charge in [-0.05, 0) is 13.8 Å². The number of nitrogens with zero attached hydrogens (tertiary/aromatic N) is 1. The van der Waals surface area contributed by atoms with Crippen LogP contribution in [0.3, 0.4) is 0 Å². The van der Waals surface area contributed by atoms with E-state index in [1.54, 1.807) is 7.11 Å². The third-order valence-electron chi connectivity index (χ3n) is 1.78. The fraction of sp³-hybridized carbons (Fsp3) is 0.778. The first-order valence-electron chi connectivity index (χ1n) is 4.42. The molecule has 0 radical (unpaired) electrons. The molecule has 0 atom stereocenters. The van der Waals surface area contributed by atoms with E-state index < -0.39 is 11.9 Å². The number of hydrogen-bond donors (Lipinski definition) is 0. The Morgan fingerprint density at radius 3 is 2.21 bits per heavy atom. The lowest BCUT2D eigenvalue weighted by atomic mass is 10.3. The number of methoxy groups -OCH3 is 2. The second-order valence-corrected chi connectivity index (χ2v) is 3.08. The molecule has 0 aliphatic heterocycles. The molecule has 14 heavy (non-hydrogen) atoms. The van der Waals surface area contributed by atoms with Crippen LogP contribution in [0.25, 0.3) is 0 Å². The molecule has 0 aromatic rings. The van der Waals surface area contributed by atoms with Gasteiger partial charge in [0, 0.05) is 19.7 Å². The van der Waals surface area contributed by atoms with Gasteiger partial charge in [-0.25, -0.2) is 4.79 Å². The van der Waals surface area contributed by atoms with Crippen LogP contribution in [-0.2, 0) is 19.1 Å². The summed E-state index contributed by atoms with van der Waals surface area (Å²) in [6.45, 7) is 4.45. The molecule has 1 amide bonds. The Morgan fingerprint density at radius 2 is 1.86 bits per heavy atom. The maximum Gasteiger partial charge on any atom is 0.396 e. The van der Waals surface area contributed by atoms with Crippen molar-refractivity contribution in [2.24, 2.45) is 0 Å². The topological polar surface area (TPSA) is 55.8 Å². The van der Waals surface area contributed by atoms with E-state index in [2.05, 4.69) is 4.74 Å². The summed E-state index contributed by atoms with van der Waals surface area (Å²) in [5.41, 5.74) is 0. The maximum absolute atomic E-state index is 11.4. The van der Waals surface area contributed by atoms with Crippen molar-refractivity contribution in [2.75, 3.05) is 27.4 Å². The van der Waals surface area contributed by atoms with Crippen LogP contribution in [-0.4, -0.2) is 50.2 Å². The first-order valence-corrected chi connectivity index (χ1v) is 4.42. The van der Waals surface area contributed by atoms with Gasteiger partial charge in [-0.1, -0.05) is 0 Å². The van der Waals surface area contributed by atoms with E-state index in [9.17, 15) is 9.59 Å². The molecule has 0 heterocycles. The van der Waals surface area contributed by atoms with Gasteiger partial charge >= 0.3 is 11.9 Å². The molecule has 5 nitrogen and oxygen atoms in total. The summed E-state index contributed by atoms with van der Waals surface area (Å²) >= 11 is 0. The van der Waals surface area contributed by atoms with Crippen LogP contribution in [0.5, 0.6) is 0 Å². The summed E-state index contributed by atoms with van der Waals surface area (Å²) < 4.78 is 9.19. The third kappa shape index (κ3) is 3.74. The molecular weight excluding hydrogens is 186 g/mol. The molecule has 0 aliphatic rings. The Hall–Kier alpha value is -1.10. The van der Waals surface area contributed by atoms with Crippen LogP contribution in [0.4, 0.5) is 0 Å². The molecule has 0 fully saturated rings. The van der Waals surface area contributed by atoms with Gasteiger partial charge in [0.05, 0.1) is 13.7 Å². The summed E-state index contributed by atoms with van der Waals surface area (Å²) in [7, 11) is 2.73. The number of esters is 1. The lowest BCUT2D eigenvalue weighted by Crippen LogP contribution is -2.43. The Kier molecular flexibility index (Phi) is 5.87. The van der Waals surface area contributed by atoms with E-state index in [-0.39, 0.29) is 6.04 Å². The van der Waals surface area contributed by atoms with Crippen molar-refractivity contribution in [2.45, 2.75) is 19.9 Å². The predicted octanol–water partition coefficient (Wildman–Crippen LogP) is 0.0428. The second-order valence-electron chi connectivity index (χ2n) is 3.08. The molecular formula is C9H17NO4. The highest BCUT2D eigenvalue weighted by atomic mass is 16.5. The zero-order chi connectivity index (χ0) is 11.1. The van der Waals surface area contributed by atoms with Crippen molar-refractivity contribution in [3.8, 4) is 0 Å². The van der Waals surface area contributed by atoms with Gasteiger partial charge in [0.2, 0.25) is 0 Å². The predicted molar refractivity (Wildman–Crippen MR) is 50.7 cm³/mol. The van der Waals surface area contributed by atoms with E-state index in [0.717, 1.165) is 0 Å². The molecule has 0 aromatic heterocycles. The van der Waals surface area contributed by atoms with Crippen LogP contribution in [0, 0.1) is 0 Å². The first-order chi connectivity index (χ1) is 6.54. The zero-order valence-electron chi connectivity index (χ0n) is 9.07. The molecule has 0 spiro atoms. The van der Waals surface area contributed by atoms with E-state index >= 15 is 0 Å². The van der Waals surface area contributed by atoms with Crippen LogP contribution >= 0.6 is 0 Å². The Labute approximate surface area is 84.0 Å². The highest BCUT2D eigenvalue weighted by Crippen LogP contribution is 1.99. The summed E-state index contributed by atoms with van der Waals surface area (Å²) in [6.07, 6.45) is 0. The van der Waals surface area contributed by atoms with Gasteiger partial charge in [-0.3, -0.25) is 4.79 Å². The van der Waals surface area contributed by atoms with Gasteiger partial charge in [0.1, 0.15) is 0 Å². The van der Waals surface area contributed by atoms with Crippen LogP contribution in [0.1, 0.15) is 13.8 Å². The normalized spacial score (nSPS) is 10.1. The van der Waals surface area contributed by atoms with Gasteiger partial charge in [0.15, 0.2) is 0 Å². The summed E-state index contributed by atoms with van der Waals surface area (Å²) in [5.74, 6) is -1.46. The lowest BCUT2D eigenvalue weighted by Gasteiger charge is -2.24. The number of hydrogen-bond acceptors (Lipinski definition) is 4. The molecule has 0 bridgehead atoms. The largest absolute Gasteiger partial charge is 0.462 e. The quantitative estimate of drug-likeness (QED) is 0.478. The van der Waals surface area contributed by atoms with E-state index in [4.69, 9.17) is 4.74 Å². The standard InChI is InChI=1S/C9H17NO4/c1-7(2)10(5-6-13-3)8(11)9(12)14-4/h7H,5-6H2,1-4H3. The molecule has 0 saturated heterocycles. The minimum absolute atomic E-state index is 0.0447. The van der Waals surface area contributed by atoms with Crippen molar-refractivity contribution in [3.05, 3.63) is 0 Å². The average molecular weight is 203 g/mol. The van der Waals surface area contributed by atoms with Crippen molar-refractivity contribution < 1.29 is 19.1 Å². The molecule has 82 valence electrons. The zero-order valence-corrected chi connectivity index (χ0v) is 9.07. The van der Waals surface area contributed by atoms with Crippen LogP contribution in [0.15, 0.2) is 0 Å². The third-order valence-corrected chi connectivity index (χ3v) is 1.78. The van der Waals surface area contributed by atoms with E-state index in [1.807, 2.05) is 13.8 Å². The van der Waals surface area contributed by atoms with Gasteiger partial charge < -0.3 is 14.4 Å². The average Bonchev–Trinajstić information content (AvgIpc) is 2.16. The number of rotatable bonds is 4. The van der Waals surface area contributed by atoms with E-state index in [0.29, 0.717) is 13.2 Å². The molecule has 0 rings (SSSR count). The fourth-order valence-electron chi connectivity index (χ4n) is 0.988. The van der Waals surface area contributed by atoms with Gasteiger partial charge in [-0.2, -0.15) is 0 Å². The monoisotopic (exact) mass is 203 g/mol. The van der Waals surface area contributed by atoms with Crippen molar-refractivity contribution in [3.63, 3.8) is 0 Å². The number of carbonyl (C=O) groups is 2. The van der Waals surface area contributed by atoms with E-state index in [1.165, 1.54) is 12.0 Å². The molecule has 0 aliphatic carbocycles. The number of amides is 1. The highest BCUT2D eigenvalue weighted by molar-refractivity contribution is 6.32. The Morgan fingerprint density at radius 1 is 1.29 bits per heavy atom. The minimum atomic E-state index is -0.838. The smallest absolute Gasteiger partial charge is 0.396 e. The molecule has 0 unspecified atom stereocenters. The first kappa shape index (κ1) is 12.9. The van der Waals surface area contributed by atoms with Crippen molar-refractivity contribution >= 4 is 11.9 Å². The van der Waals surface area contributed by atoms with Crippen molar-refractivity contribution in [1.82, 2.24) is 4.90 Å². The SMILES string of the molecule is COCCN(C(=O)C(=O)OC)C(C)C. The minimum Gasteiger partial charge on any atom is -0.462 e. The van der Waals surface area contributed by atoms with Gasteiger partial charge in [-0.15, -0.1) is 0 Å². The lowest BCUT2D eigenvalue weighted by molar-refractivity contribution is -0.159. The summed E-state index contributed by atoms with van der Waals surface area (Å²) in [6, 6.07) is -0.0447. The molecule has 0 aromatic carbocycles. The molecule has 0 N–H and O–H groups in total. The Balaban J connectivity index is 4.33.